The first-order chi connectivity index (χ1) is 9.40. The Labute approximate surface area is 121 Å². The maximum absolute atomic E-state index is 11.0. The van der Waals surface area contributed by atoms with E-state index in [1.807, 2.05) is 0 Å². The Kier molecular flexibility index (Phi) is 3.86. The fraction of sp³-hybridized carbons (Fsp3) is 0.0909. The molecule has 0 aliphatic rings. The number of carbonyl (C=O) groups is 1. The van der Waals surface area contributed by atoms with Gasteiger partial charge in [0.25, 0.3) is 5.19 Å². The molecular formula is C11H7ClN2O5S. The van der Waals surface area contributed by atoms with Crippen molar-refractivity contribution in [3.63, 3.8) is 0 Å². The third-order valence-corrected chi connectivity index (χ3v) is 3.65. The van der Waals surface area contributed by atoms with Crippen LogP contribution in [-0.4, -0.2) is 21.0 Å². The number of para-hydroxylation sites is 1. The predicted octanol–water partition coefficient (Wildman–Crippen LogP) is 3.50. The molecule has 104 valence electrons. The summed E-state index contributed by atoms with van der Waals surface area (Å²) in [6.07, 6.45) is 0. The number of hydrogen-bond donors (Lipinski definition) is 1. The van der Waals surface area contributed by atoms with Gasteiger partial charge in [-0.1, -0.05) is 35.1 Å². The quantitative estimate of drug-likeness (QED) is 0.684. The number of nitro groups is 1. The van der Waals surface area contributed by atoms with Crippen LogP contribution >= 0.6 is 22.9 Å². The molecule has 0 aliphatic carbocycles. The van der Waals surface area contributed by atoms with Gasteiger partial charge in [-0.15, -0.1) is 0 Å². The third-order valence-electron chi connectivity index (χ3n) is 2.34. The molecule has 0 fully saturated rings. The van der Waals surface area contributed by atoms with Crippen LogP contribution in [-0.2, 0) is 0 Å². The molecule has 0 aliphatic heterocycles. The molecule has 0 unspecified atom stereocenters. The topological polar surface area (TPSA) is 103 Å². The number of nitrogens with zero attached hydrogens (tertiary/aromatic N) is 2. The molecule has 1 aromatic heterocycles. The van der Waals surface area contributed by atoms with Crippen LogP contribution in [0.2, 0.25) is 5.15 Å². The second-order valence-corrected chi connectivity index (χ2v) is 5.01. The van der Waals surface area contributed by atoms with E-state index in [9.17, 15) is 14.9 Å². The zero-order valence-corrected chi connectivity index (χ0v) is 11.6. The van der Waals surface area contributed by atoms with Gasteiger partial charge in [0.05, 0.1) is 4.92 Å². The first kappa shape index (κ1) is 14.2. The zero-order chi connectivity index (χ0) is 14.9. The Morgan fingerprint density at radius 1 is 1.55 bits per heavy atom. The SMILES string of the molecule is Cc1cccc(Oc2nc(Cl)c(C(=O)O)s2)c1[N+](=O)[O-]. The van der Waals surface area contributed by atoms with Crippen molar-refractivity contribution in [3.05, 3.63) is 43.9 Å². The number of aromatic carboxylic acids is 1. The Morgan fingerprint density at radius 3 is 2.80 bits per heavy atom. The van der Waals surface area contributed by atoms with Gasteiger partial charge >= 0.3 is 11.7 Å². The smallest absolute Gasteiger partial charge is 0.349 e. The minimum atomic E-state index is -1.24. The fourth-order valence-corrected chi connectivity index (χ4v) is 2.48. The highest BCUT2D eigenvalue weighted by Crippen LogP contribution is 2.37. The van der Waals surface area contributed by atoms with Crippen molar-refractivity contribution in [2.75, 3.05) is 0 Å². The summed E-state index contributed by atoms with van der Waals surface area (Å²) in [4.78, 5) is 24.8. The van der Waals surface area contributed by atoms with Gasteiger partial charge in [-0.25, -0.2) is 4.79 Å². The second-order valence-electron chi connectivity index (χ2n) is 3.69. The number of thiazole rings is 1. The van der Waals surface area contributed by atoms with E-state index in [4.69, 9.17) is 21.4 Å². The number of aryl methyl sites for hydroxylation is 1. The van der Waals surface area contributed by atoms with E-state index in [0.717, 1.165) is 0 Å². The van der Waals surface area contributed by atoms with E-state index in [1.165, 1.54) is 6.07 Å². The molecule has 0 saturated heterocycles. The Hall–Kier alpha value is -2.19. The van der Waals surface area contributed by atoms with Crippen LogP contribution in [0.4, 0.5) is 5.69 Å². The number of carboxylic acid groups (broad SMARTS) is 1. The lowest BCUT2D eigenvalue weighted by Gasteiger charge is -2.04. The molecule has 1 heterocycles. The fourth-order valence-electron chi connectivity index (χ4n) is 1.50. The molecule has 0 saturated carbocycles. The molecular weight excluding hydrogens is 308 g/mol. The molecule has 7 nitrogen and oxygen atoms in total. The van der Waals surface area contributed by atoms with E-state index in [2.05, 4.69) is 4.98 Å². The van der Waals surface area contributed by atoms with Crippen molar-refractivity contribution < 1.29 is 19.6 Å². The van der Waals surface area contributed by atoms with Crippen LogP contribution in [0.3, 0.4) is 0 Å². The summed E-state index contributed by atoms with van der Waals surface area (Å²) in [6.45, 7) is 1.57. The lowest BCUT2D eigenvalue weighted by atomic mass is 10.2. The van der Waals surface area contributed by atoms with Crippen molar-refractivity contribution in [3.8, 4) is 10.9 Å². The van der Waals surface area contributed by atoms with Crippen molar-refractivity contribution in [2.45, 2.75) is 6.92 Å². The highest BCUT2D eigenvalue weighted by atomic mass is 35.5. The standard InChI is InChI=1S/C11H7ClN2O5S/c1-5-3-2-4-6(7(5)14(17)18)19-11-13-9(12)8(20-11)10(15)16/h2-4H,1H3,(H,15,16). The van der Waals surface area contributed by atoms with Crippen molar-refractivity contribution >= 4 is 34.6 Å². The predicted molar refractivity (Wildman–Crippen MR) is 72.0 cm³/mol. The molecule has 0 radical (unpaired) electrons. The van der Waals surface area contributed by atoms with Crippen LogP contribution in [0.5, 0.6) is 10.9 Å². The molecule has 0 spiro atoms. The molecule has 0 bridgehead atoms. The molecule has 2 aromatic rings. The highest BCUT2D eigenvalue weighted by molar-refractivity contribution is 7.15. The number of carboxylic acids is 1. The highest BCUT2D eigenvalue weighted by Gasteiger charge is 2.22. The zero-order valence-electron chi connectivity index (χ0n) is 9.99. The van der Waals surface area contributed by atoms with Gasteiger partial charge in [-0.05, 0) is 13.0 Å². The summed E-state index contributed by atoms with van der Waals surface area (Å²) in [5, 5.41) is 19.6. The molecule has 20 heavy (non-hydrogen) atoms. The maximum Gasteiger partial charge on any atom is 0.349 e. The monoisotopic (exact) mass is 314 g/mol. The summed E-state index contributed by atoms with van der Waals surface area (Å²) >= 11 is 6.35. The average Bonchev–Trinajstić information content (AvgIpc) is 2.70. The van der Waals surface area contributed by atoms with Gasteiger partial charge in [0.2, 0.25) is 5.75 Å². The molecule has 2 rings (SSSR count). The summed E-state index contributed by atoms with van der Waals surface area (Å²) < 4.78 is 5.28. The molecule has 1 aromatic carbocycles. The first-order valence-corrected chi connectivity index (χ1v) is 6.41. The number of rotatable bonds is 4. The van der Waals surface area contributed by atoms with Gasteiger partial charge in [0.15, 0.2) is 10.0 Å². The third kappa shape index (κ3) is 2.70. The second kappa shape index (κ2) is 5.43. The van der Waals surface area contributed by atoms with Crippen LogP contribution in [0, 0.1) is 17.0 Å². The first-order valence-electron chi connectivity index (χ1n) is 5.21. The van der Waals surface area contributed by atoms with Crippen molar-refractivity contribution in [2.24, 2.45) is 0 Å². The van der Waals surface area contributed by atoms with E-state index in [1.54, 1.807) is 19.1 Å². The minimum Gasteiger partial charge on any atom is -0.477 e. The lowest BCUT2D eigenvalue weighted by Crippen LogP contribution is -1.95. The average molecular weight is 315 g/mol. The molecule has 1 N–H and O–H groups in total. The van der Waals surface area contributed by atoms with Gasteiger partial charge in [-0.3, -0.25) is 10.1 Å². The van der Waals surface area contributed by atoms with Crippen LogP contribution < -0.4 is 4.74 Å². The van der Waals surface area contributed by atoms with Crippen molar-refractivity contribution in [1.82, 2.24) is 4.98 Å². The number of ether oxygens (including phenoxy) is 1. The molecule has 9 heteroatoms. The summed E-state index contributed by atoms with van der Waals surface area (Å²) in [7, 11) is 0. The van der Waals surface area contributed by atoms with Crippen LogP contribution in [0.25, 0.3) is 0 Å². The Bertz CT molecular complexity index is 700. The number of nitro benzene ring substituents is 1. The molecule has 0 atom stereocenters. The van der Waals surface area contributed by atoms with E-state index in [0.29, 0.717) is 16.9 Å². The minimum absolute atomic E-state index is 0.0163. The van der Waals surface area contributed by atoms with E-state index < -0.39 is 10.9 Å². The van der Waals surface area contributed by atoms with E-state index in [-0.39, 0.29) is 26.7 Å². The number of hydrogen-bond acceptors (Lipinski definition) is 6. The van der Waals surface area contributed by atoms with E-state index >= 15 is 0 Å². The number of aromatic nitrogens is 1. The lowest BCUT2D eigenvalue weighted by molar-refractivity contribution is -0.386. The van der Waals surface area contributed by atoms with Crippen LogP contribution in [0.1, 0.15) is 15.2 Å². The summed E-state index contributed by atoms with van der Waals surface area (Å²) in [5.74, 6) is -1.25. The van der Waals surface area contributed by atoms with Crippen molar-refractivity contribution in [1.29, 1.82) is 0 Å². The Balaban J connectivity index is 2.40. The largest absolute Gasteiger partial charge is 0.477 e. The Morgan fingerprint density at radius 2 is 2.25 bits per heavy atom. The van der Waals surface area contributed by atoms with Gasteiger partial charge in [0, 0.05) is 5.56 Å². The molecule has 0 amide bonds. The summed E-state index contributed by atoms with van der Waals surface area (Å²) in [5.41, 5.74) is 0.226. The van der Waals surface area contributed by atoms with Gasteiger partial charge < -0.3 is 9.84 Å². The normalized spacial score (nSPS) is 10.3. The van der Waals surface area contributed by atoms with Crippen LogP contribution in [0.15, 0.2) is 18.2 Å². The van der Waals surface area contributed by atoms with Gasteiger partial charge in [0.1, 0.15) is 0 Å². The summed E-state index contributed by atoms with van der Waals surface area (Å²) in [6, 6.07) is 4.56. The maximum atomic E-state index is 11.0. The number of halogens is 1. The number of benzene rings is 1. The van der Waals surface area contributed by atoms with Gasteiger partial charge in [-0.2, -0.15) is 4.98 Å².